The van der Waals surface area contributed by atoms with Crippen LogP contribution in [0.15, 0.2) is 53.3 Å². The van der Waals surface area contributed by atoms with E-state index >= 15 is 0 Å². The van der Waals surface area contributed by atoms with Crippen molar-refractivity contribution in [3.63, 3.8) is 0 Å². The number of carbonyl (C=O) groups is 1. The Morgan fingerprint density at radius 3 is 3.00 bits per heavy atom. The van der Waals surface area contributed by atoms with Crippen LogP contribution >= 0.6 is 0 Å². The van der Waals surface area contributed by atoms with Gasteiger partial charge in [-0.3, -0.25) is 9.78 Å². The Labute approximate surface area is 151 Å². The first-order valence-electron chi connectivity index (χ1n) is 8.79. The zero-order valence-corrected chi connectivity index (χ0v) is 14.6. The zero-order chi connectivity index (χ0) is 17.9. The molecule has 1 aliphatic rings. The fourth-order valence-electron chi connectivity index (χ4n) is 3.47. The predicted molar refractivity (Wildman–Crippen MR) is 96.1 cm³/mol. The molecule has 0 N–H and O–H groups in total. The van der Waals surface area contributed by atoms with Gasteiger partial charge in [-0.05, 0) is 36.1 Å². The fraction of sp³-hybridized carbons (Fsp3) is 0.300. The summed E-state index contributed by atoms with van der Waals surface area (Å²) in [5, 5.41) is 3.97. The van der Waals surface area contributed by atoms with Crippen molar-refractivity contribution in [2.24, 2.45) is 0 Å². The first-order valence-corrected chi connectivity index (χ1v) is 8.79. The first kappa shape index (κ1) is 16.4. The minimum Gasteiger partial charge on any atom is -0.339 e. The molecule has 3 aromatic rings. The molecule has 6 nitrogen and oxygen atoms in total. The molecule has 2 aromatic heterocycles. The van der Waals surface area contributed by atoms with Gasteiger partial charge in [-0.1, -0.05) is 29.4 Å². The molecule has 6 heteroatoms. The van der Waals surface area contributed by atoms with E-state index in [0.29, 0.717) is 24.6 Å². The number of benzene rings is 1. The summed E-state index contributed by atoms with van der Waals surface area (Å²) >= 11 is 0. The van der Waals surface area contributed by atoms with E-state index in [2.05, 4.69) is 33.3 Å². The molecule has 0 spiro atoms. The molecule has 0 unspecified atom stereocenters. The minimum atomic E-state index is 0.0906. The standard InChI is InChI=1S/C20H20N4O2/c1-24(17-9-8-14-5-2-3-7-16(14)17)19(25)11-10-18-22-20(23-26-18)15-6-4-12-21-13-15/h2-7,12-13,17H,8-11H2,1H3/t17-/m1/s1. The number of carbonyl (C=O) groups excluding carboxylic acids is 1. The molecule has 0 bridgehead atoms. The van der Waals surface area contributed by atoms with Crippen LogP contribution in [0.2, 0.25) is 0 Å². The summed E-state index contributed by atoms with van der Waals surface area (Å²) in [7, 11) is 1.88. The highest BCUT2D eigenvalue weighted by Crippen LogP contribution is 2.35. The van der Waals surface area contributed by atoms with Crippen LogP contribution in [0.3, 0.4) is 0 Å². The van der Waals surface area contributed by atoms with Crippen LogP contribution in [-0.4, -0.2) is 33.0 Å². The van der Waals surface area contributed by atoms with Gasteiger partial charge in [-0.25, -0.2) is 0 Å². The summed E-state index contributed by atoms with van der Waals surface area (Å²) in [5.41, 5.74) is 3.41. The summed E-state index contributed by atoms with van der Waals surface area (Å²) in [6.45, 7) is 0. The van der Waals surface area contributed by atoms with Crippen LogP contribution in [0.4, 0.5) is 0 Å². The lowest BCUT2D eigenvalue weighted by atomic mass is 10.1. The van der Waals surface area contributed by atoms with Gasteiger partial charge in [0.05, 0.1) is 6.04 Å². The van der Waals surface area contributed by atoms with Crippen LogP contribution in [0.5, 0.6) is 0 Å². The van der Waals surface area contributed by atoms with Crippen molar-refractivity contribution in [1.29, 1.82) is 0 Å². The third kappa shape index (κ3) is 3.22. The maximum atomic E-state index is 12.6. The summed E-state index contributed by atoms with van der Waals surface area (Å²) in [4.78, 5) is 22.9. The minimum absolute atomic E-state index is 0.0906. The van der Waals surface area contributed by atoms with E-state index in [1.54, 1.807) is 12.4 Å². The molecule has 0 saturated heterocycles. The summed E-state index contributed by atoms with van der Waals surface area (Å²) in [6, 6.07) is 12.2. The van der Waals surface area contributed by atoms with E-state index in [1.165, 1.54) is 11.1 Å². The molecule has 1 aliphatic carbocycles. The molecule has 1 atom stereocenters. The Morgan fingerprint density at radius 2 is 2.15 bits per heavy atom. The maximum Gasteiger partial charge on any atom is 0.227 e. The highest BCUT2D eigenvalue weighted by Gasteiger charge is 2.28. The number of rotatable bonds is 5. The van der Waals surface area contributed by atoms with Crippen molar-refractivity contribution in [2.45, 2.75) is 31.7 Å². The number of aromatic nitrogens is 3. The fourth-order valence-corrected chi connectivity index (χ4v) is 3.47. The van der Waals surface area contributed by atoms with E-state index in [0.717, 1.165) is 18.4 Å². The SMILES string of the molecule is CN(C(=O)CCc1nc(-c2cccnc2)no1)[C@@H]1CCc2ccccc21. The number of amides is 1. The Morgan fingerprint density at radius 1 is 1.27 bits per heavy atom. The summed E-state index contributed by atoms with van der Waals surface area (Å²) in [5.74, 6) is 1.06. The lowest BCUT2D eigenvalue weighted by Gasteiger charge is -2.25. The zero-order valence-electron chi connectivity index (χ0n) is 14.6. The van der Waals surface area contributed by atoms with Crippen molar-refractivity contribution in [2.75, 3.05) is 7.05 Å². The van der Waals surface area contributed by atoms with E-state index in [1.807, 2.05) is 30.1 Å². The highest BCUT2D eigenvalue weighted by molar-refractivity contribution is 5.76. The van der Waals surface area contributed by atoms with Crippen molar-refractivity contribution in [1.82, 2.24) is 20.0 Å². The Kier molecular flexibility index (Phi) is 4.48. The third-order valence-electron chi connectivity index (χ3n) is 4.90. The predicted octanol–water partition coefficient (Wildman–Crippen LogP) is 3.21. The number of nitrogens with zero attached hydrogens (tertiary/aromatic N) is 4. The average molecular weight is 348 g/mol. The molecule has 0 radical (unpaired) electrons. The molecule has 1 aromatic carbocycles. The number of aryl methyl sites for hydroxylation is 2. The van der Waals surface area contributed by atoms with Crippen LogP contribution in [0, 0.1) is 0 Å². The number of hydrogen-bond donors (Lipinski definition) is 0. The van der Waals surface area contributed by atoms with Gasteiger partial charge in [-0.2, -0.15) is 4.98 Å². The Hall–Kier alpha value is -3.02. The van der Waals surface area contributed by atoms with Gasteiger partial charge in [0.15, 0.2) is 0 Å². The summed E-state index contributed by atoms with van der Waals surface area (Å²) in [6.07, 6.45) is 6.17. The van der Waals surface area contributed by atoms with Crippen LogP contribution in [0.25, 0.3) is 11.4 Å². The van der Waals surface area contributed by atoms with Crippen LogP contribution in [0.1, 0.15) is 35.9 Å². The molecule has 26 heavy (non-hydrogen) atoms. The van der Waals surface area contributed by atoms with Gasteiger partial charge >= 0.3 is 0 Å². The van der Waals surface area contributed by atoms with E-state index < -0.39 is 0 Å². The third-order valence-corrected chi connectivity index (χ3v) is 4.90. The normalized spacial score (nSPS) is 15.7. The van der Waals surface area contributed by atoms with E-state index in [4.69, 9.17) is 4.52 Å². The average Bonchev–Trinajstić information content (AvgIpc) is 3.33. The quantitative estimate of drug-likeness (QED) is 0.708. The molecule has 2 heterocycles. The molecule has 0 saturated carbocycles. The van der Waals surface area contributed by atoms with Crippen molar-refractivity contribution < 1.29 is 9.32 Å². The lowest BCUT2D eigenvalue weighted by Crippen LogP contribution is -2.30. The van der Waals surface area contributed by atoms with Gasteiger partial charge in [0.1, 0.15) is 0 Å². The highest BCUT2D eigenvalue weighted by atomic mass is 16.5. The second kappa shape index (κ2) is 7.07. The molecule has 0 fully saturated rings. The molecular formula is C20H20N4O2. The van der Waals surface area contributed by atoms with E-state index in [9.17, 15) is 4.79 Å². The molecule has 132 valence electrons. The molecule has 4 rings (SSSR count). The van der Waals surface area contributed by atoms with Crippen molar-refractivity contribution >= 4 is 5.91 Å². The van der Waals surface area contributed by atoms with E-state index in [-0.39, 0.29) is 11.9 Å². The number of fused-ring (bicyclic) bond motifs is 1. The second-order valence-electron chi connectivity index (χ2n) is 6.51. The second-order valence-corrected chi connectivity index (χ2v) is 6.51. The summed E-state index contributed by atoms with van der Waals surface area (Å²) < 4.78 is 5.27. The van der Waals surface area contributed by atoms with Gasteiger partial charge in [0.25, 0.3) is 0 Å². The Balaban J connectivity index is 1.38. The molecule has 0 aliphatic heterocycles. The topological polar surface area (TPSA) is 72.1 Å². The number of pyridine rings is 1. The van der Waals surface area contributed by atoms with Gasteiger partial charge in [-0.15, -0.1) is 0 Å². The lowest BCUT2D eigenvalue weighted by molar-refractivity contribution is -0.132. The van der Waals surface area contributed by atoms with Gasteiger partial charge in [0, 0.05) is 37.8 Å². The van der Waals surface area contributed by atoms with Crippen molar-refractivity contribution in [3.05, 3.63) is 65.8 Å². The van der Waals surface area contributed by atoms with Crippen molar-refractivity contribution in [3.8, 4) is 11.4 Å². The largest absolute Gasteiger partial charge is 0.339 e. The van der Waals surface area contributed by atoms with Crippen LogP contribution < -0.4 is 0 Å². The van der Waals surface area contributed by atoms with Gasteiger partial charge < -0.3 is 9.42 Å². The molecule has 1 amide bonds. The van der Waals surface area contributed by atoms with Crippen LogP contribution in [-0.2, 0) is 17.6 Å². The monoisotopic (exact) mass is 348 g/mol. The number of hydrogen-bond acceptors (Lipinski definition) is 5. The first-order chi connectivity index (χ1) is 12.7. The smallest absolute Gasteiger partial charge is 0.227 e. The Bertz CT molecular complexity index is 907. The maximum absolute atomic E-state index is 12.6. The van der Waals surface area contributed by atoms with Gasteiger partial charge in [0.2, 0.25) is 17.6 Å². The molecular weight excluding hydrogens is 328 g/mol.